The Labute approximate surface area is 192 Å². The molecule has 4 aromatic rings. The maximum atomic E-state index is 10.1. The summed E-state index contributed by atoms with van der Waals surface area (Å²) in [4.78, 5) is 4.67. The smallest absolute Gasteiger partial charge is 0.180 e. The second-order valence-electron chi connectivity index (χ2n) is 7.87. The zero-order chi connectivity index (χ0) is 22.5. The minimum atomic E-state index is -0.0660. The zero-order valence-corrected chi connectivity index (χ0v) is 19.0. The van der Waals surface area contributed by atoms with E-state index in [0.29, 0.717) is 17.4 Å². The molecule has 0 unspecified atom stereocenters. The summed E-state index contributed by atoms with van der Waals surface area (Å²) in [6.07, 6.45) is 3.56. The molecule has 0 aliphatic rings. The number of aryl methyl sites for hydroxylation is 1. The number of H-pyrrole nitrogens is 1. The number of nitrogens with zero attached hydrogens (tertiary/aromatic N) is 4. The van der Waals surface area contributed by atoms with E-state index >= 15 is 0 Å². The van der Waals surface area contributed by atoms with Crippen LogP contribution in [0.25, 0.3) is 22.5 Å². The molecule has 0 bridgehead atoms. The van der Waals surface area contributed by atoms with Crippen LogP contribution in [-0.2, 0) is 19.4 Å². The predicted octanol–water partition coefficient (Wildman–Crippen LogP) is 5.32. The minimum absolute atomic E-state index is 0.0660. The lowest BCUT2D eigenvalue weighted by molar-refractivity contribution is 0.279. The van der Waals surface area contributed by atoms with Crippen molar-refractivity contribution in [2.45, 2.75) is 46.1 Å². The highest BCUT2D eigenvalue weighted by molar-refractivity contribution is 6.30. The first-order chi connectivity index (χ1) is 15.6. The van der Waals surface area contributed by atoms with Gasteiger partial charge in [0.05, 0.1) is 6.61 Å². The number of pyridine rings is 1. The number of unbranched alkanes of at least 4 members (excludes halogenated alkanes) is 1. The van der Waals surface area contributed by atoms with E-state index in [-0.39, 0.29) is 6.61 Å². The first-order valence-corrected chi connectivity index (χ1v) is 11.2. The van der Waals surface area contributed by atoms with Crippen LogP contribution in [0.4, 0.5) is 0 Å². The van der Waals surface area contributed by atoms with Gasteiger partial charge in [-0.3, -0.25) is 0 Å². The Morgan fingerprint density at radius 1 is 1.03 bits per heavy atom. The van der Waals surface area contributed by atoms with E-state index in [4.69, 9.17) is 11.6 Å². The van der Waals surface area contributed by atoms with Gasteiger partial charge in [-0.25, -0.2) is 10.1 Å². The molecule has 0 saturated heterocycles. The Morgan fingerprint density at radius 2 is 1.84 bits per heavy atom. The lowest BCUT2D eigenvalue weighted by Crippen LogP contribution is -2.08. The molecule has 0 aliphatic heterocycles. The maximum Gasteiger partial charge on any atom is 0.180 e. The fourth-order valence-electron chi connectivity index (χ4n) is 4.01. The molecular weight excluding hydrogens is 422 g/mol. The van der Waals surface area contributed by atoms with Gasteiger partial charge in [-0.2, -0.15) is 0 Å². The molecule has 2 aromatic heterocycles. The highest BCUT2D eigenvalue weighted by Gasteiger charge is 2.18. The number of aromatic amines is 1. The molecule has 0 fully saturated rings. The number of hydrogen-bond acceptors (Lipinski definition) is 5. The molecule has 0 spiro atoms. The van der Waals surface area contributed by atoms with Crippen LogP contribution >= 0.6 is 11.6 Å². The SMILES string of the molecule is CCCCc1nc(Cl)c(C)c(CO)c1Cc1ccc(-c2ccccc2)c(-c2nnn[nH]2)c1. The van der Waals surface area contributed by atoms with E-state index < -0.39 is 0 Å². The third-order valence-electron chi connectivity index (χ3n) is 5.78. The predicted molar refractivity (Wildman–Crippen MR) is 126 cm³/mol. The van der Waals surface area contributed by atoms with E-state index in [2.05, 4.69) is 62.9 Å². The molecule has 2 aromatic carbocycles. The van der Waals surface area contributed by atoms with E-state index in [0.717, 1.165) is 63.9 Å². The van der Waals surface area contributed by atoms with Gasteiger partial charge >= 0.3 is 0 Å². The summed E-state index contributed by atoms with van der Waals surface area (Å²) < 4.78 is 0. The van der Waals surface area contributed by atoms with Gasteiger partial charge in [0.1, 0.15) is 5.15 Å². The largest absolute Gasteiger partial charge is 0.392 e. The van der Waals surface area contributed by atoms with Crippen LogP contribution < -0.4 is 0 Å². The van der Waals surface area contributed by atoms with Crippen LogP contribution in [0.15, 0.2) is 48.5 Å². The molecular formula is C25H26ClN5O. The molecule has 4 rings (SSSR count). The number of nitrogens with one attached hydrogen (secondary N) is 1. The van der Waals surface area contributed by atoms with Crippen LogP contribution in [0.2, 0.25) is 5.15 Å². The minimum Gasteiger partial charge on any atom is -0.392 e. The third kappa shape index (κ3) is 4.56. The standard InChI is InChI=1S/C25H26ClN5O/c1-3-4-10-23-20(22(15-32)16(2)24(26)27-23)13-17-11-12-19(18-8-6-5-7-9-18)21(14-17)25-28-30-31-29-25/h5-9,11-12,14,32H,3-4,10,13,15H2,1-2H3,(H,28,29,30,31). The number of aliphatic hydroxyl groups is 1. The molecule has 0 radical (unpaired) electrons. The van der Waals surface area contributed by atoms with Crippen molar-refractivity contribution < 1.29 is 5.11 Å². The maximum absolute atomic E-state index is 10.1. The molecule has 0 saturated carbocycles. The van der Waals surface area contributed by atoms with Gasteiger partial charge in [0.25, 0.3) is 0 Å². The summed E-state index contributed by atoms with van der Waals surface area (Å²) >= 11 is 6.38. The Balaban J connectivity index is 1.81. The summed E-state index contributed by atoms with van der Waals surface area (Å²) in [5.41, 5.74) is 7.88. The first kappa shape index (κ1) is 22.1. The number of hydrogen-bond donors (Lipinski definition) is 2. The average Bonchev–Trinajstić information content (AvgIpc) is 3.36. The zero-order valence-electron chi connectivity index (χ0n) is 18.3. The van der Waals surface area contributed by atoms with Crippen molar-refractivity contribution in [3.8, 4) is 22.5 Å². The van der Waals surface area contributed by atoms with Crippen molar-refractivity contribution in [3.05, 3.63) is 81.6 Å². The van der Waals surface area contributed by atoms with Gasteiger partial charge < -0.3 is 5.11 Å². The van der Waals surface area contributed by atoms with Gasteiger partial charge in [0, 0.05) is 11.3 Å². The van der Waals surface area contributed by atoms with Crippen LogP contribution in [0.3, 0.4) is 0 Å². The van der Waals surface area contributed by atoms with Gasteiger partial charge in [-0.05, 0) is 76.1 Å². The van der Waals surface area contributed by atoms with Crippen LogP contribution in [0.1, 0.15) is 47.7 Å². The highest BCUT2D eigenvalue weighted by atomic mass is 35.5. The Hall–Kier alpha value is -3.09. The Kier molecular flexibility index (Phi) is 6.93. The lowest BCUT2D eigenvalue weighted by Gasteiger charge is -2.18. The van der Waals surface area contributed by atoms with Crippen molar-refractivity contribution in [3.63, 3.8) is 0 Å². The lowest BCUT2D eigenvalue weighted by atomic mass is 9.91. The monoisotopic (exact) mass is 447 g/mol. The molecule has 0 amide bonds. The van der Waals surface area contributed by atoms with Crippen molar-refractivity contribution in [1.82, 2.24) is 25.6 Å². The van der Waals surface area contributed by atoms with Gasteiger partial charge in [0.15, 0.2) is 5.82 Å². The number of tetrazole rings is 1. The Morgan fingerprint density at radius 3 is 2.53 bits per heavy atom. The van der Waals surface area contributed by atoms with Crippen LogP contribution in [0, 0.1) is 6.92 Å². The number of aliphatic hydroxyl groups excluding tert-OH is 1. The first-order valence-electron chi connectivity index (χ1n) is 10.8. The summed E-state index contributed by atoms with van der Waals surface area (Å²) in [6, 6.07) is 16.5. The van der Waals surface area contributed by atoms with Crippen molar-refractivity contribution >= 4 is 11.6 Å². The average molecular weight is 448 g/mol. The van der Waals surface area contributed by atoms with Crippen LogP contribution in [-0.4, -0.2) is 30.7 Å². The molecule has 0 atom stereocenters. The van der Waals surface area contributed by atoms with E-state index in [1.54, 1.807) is 0 Å². The van der Waals surface area contributed by atoms with Crippen molar-refractivity contribution in [2.24, 2.45) is 0 Å². The van der Waals surface area contributed by atoms with Crippen molar-refractivity contribution in [2.75, 3.05) is 0 Å². The number of aromatic nitrogens is 5. The normalized spacial score (nSPS) is 11.1. The molecule has 6 nitrogen and oxygen atoms in total. The van der Waals surface area contributed by atoms with E-state index in [1.165, 1.54) is 0 Å². The summed E-state index contributed by atoms with van der Waals surface area (Å²) in [5, 5.41) is 25.2. The quantitative estimate of drug-likeness (QED) is 0.357. The third-order valence-corrected chi connectivity index (χ3v) is 6.15. The number of halogens is 1. The Bertz CT molecular complexity index is 1190. The summed E-state index contributed by atoms with van der Waals surface area (Å²) in [7, 11) is 0. The van der Waals surface area contributed by atoms with E-state index in [9.17, 15) is 5.11 Å². The fourth-order valence-corrected chi connectivity index (χ4v) is 4.23. The molecule has 2 N–H and O–H groups in total. The second kappa shape index (κ2) is 10.0. The molecule has 7 heteroatoms. The summed E-state index contributed by atoms with van der Waals surface area (Å²) in [5.74, 6) is 0.615. The van der Waals surface area contributed by atoms with Crippen molar-refractivity contribution in [1.29, 1.82) is 0 Å². The van der Waals surface area contributed by atoms with Crippen LogP contribution in [0.5, 0.6) is 0 Å². The van der Waals surface area contributed by atoms with Gasteiger partial charge in [-0.1, -0.05) is 67.4 Å². The molecule has 164 valence electrons. The second-order valence-corrected chi connectivity index (χ2v) is 8.22. The molecule has 0 aliphatic carbocycles. The molecule has 32 heavy (non-hydrogen) atoms. The van der Waals surface area contributed by atoms with Gasteiger partial charge in [0.2, 0.25) is 0 Å². The van der Waals surface area contributed by atoms with Gasteiger partial charge in [-0.15, -0.1) is 5.10 Å². The van der Waals surface area contributed by atoms with E-state index in [1.807, 2.05) is 25.1 Å². The number of rotatable bonds is 8. The molecule has 2 heterocycles. The summed E-state index contributed by atoms with van der Waals surface area (Å²) in [6.45, 7) is 4.00. The topological polar surface area (TPSA) is 87.6 Å². The highest BCUT2D eigenvalue weighted by Crippen LogP contribution is 2.33. The fraction of sp³-hybridized carbons (Fsp3) is 0.280. The number of benzene rings is 2.